The highest BCUT2D eigenvalue weighted by atomic mass is 35.5. The molecule has 0 amide bonds. The molecule has 2 heterocycles. The van der Waals surface area contributed by atoms with Crippen LogP contribution in [0.2, 0.25) is 5.02 Å². The number of hydrogen-bond acceptors (Lipinski definition) is 2. The van der Waals surface area contributed by atoms with E-state index in [9.17, 15) is 0 Å². The van der Waals surface area contributed by atoms with Gasteiger partial charge in [0.2, 0.25) is 0 Å². The number of aromatic nitrogens is 1. The molecule has 0 radical (unpaired) electrons. The predicted octanol–water partition coefficient (Wildman–Crippen LogP) is 1.77. The SMILES string of the molecule is Clc1ccnc([C@@H]2CCN2)c1. The highest BCUT2D eigenvalue weighted by molar-refractivity contribution is 6.30. The number of rotatable bonds is 1. The van der Waals surface area contributed by atoms with Crippen LogP contribution in [0.4, 0.5) is 0 Å². The normalized spacial score (nSPS) is 22.8. The van der Waals surface area contributed by atoms with Gasteiger partial charge in [0.25, 0.3) is 0 Å². The summed E-state index contributed by atoms with van der Waals surface area (Å²) in [4.78, 5) is 4.21. The van der Waals surface area contributed by atoms with Crippen LogP contribution < -0.4 is 5.32 Å². The Kier molecular flexibility index (Phi) is 1.80. The van der Waals surface area contributed by atoms with Gasteiger partial charge in [-0.3, -0.25) is 4.98 Å². The molecule has 0 aromatic carbocycles. The molecule has 1 atom stereocenters. The fourth-order valence-electron chi connectivity index (χ4n) is 1.15. The van der Waals surface area contributed by atoms with Crippen molar-refractivity contribution in [2.75, 3.05) is 6.54 Å². The van der Waals surface area contributed by atoms with Crippen molar-refractivity contribution in [2.45, 2.75) is 12.5 Å². The van der Waals surface area contributed by atoms with E-state index in [1.807, 2.05) is 6.07 Å². The summed E-state index contributed by atoms with van der Waals surface area (Å²) in [6.07, 6.45) is 2.92. The number of nitrogens with one attached hydrogen (secondary N) is 1. The smallest absolute Gasteiger partial charge is 0.0588 e. The monoisotopic (exact) mass is 168 g/mol. The van der Waals surface area contributed by atoms with Crippen LogP contribution in [0.5, 0.6) is 0 Å². The Bertz CT molecular complexity index is 258. The first kappa shape index (κ1) is 7.07. The van der Waals surface area contributed by atoms with Gasteiger partial charge in [-0.15, -0.1) is 0 Å². The summed E-state index contributed by atoms with van der Waals surface area (Å²) in [7, 11) is 0. The van der Waals surface area contributed by atoms with E-state index < -0.39 is 0 Å². The second-order valence-electron chi connectivity index (χ2n) is 2.69. The molecular formula is C8H9ClN2. The largest absolute Gasteiger partial charge is 0.309 e. The summed E-state index contributed by atoms with van der Waals surface area (Å²) in [5.41, 5.74) is 1.06. The van der Waals surface area contributed by atoms with Crippen molar-refractivity contribution < 1.29 is 0 Å². The lowest BCUT2D eigenvalue weighted by atomic mass is 10.0. The second kappa shape index (κ2) is 2.80. The topological polar surface area (TPSA) is 24.9 Å². The minimum absolute atomic E-state index is 0.439. The van der Waals surface area contributed by atoms with Crippen molar-refractivity contribution in [3.05, 3.63) is 29.0 Å². The van der Waals surface area contributed by atoms with Gasteiger partial charge in [0, 0.05) is 11.2 Å². The van der Waals surface area contributed by atoms with Crippen molar-refractivity contribution in [1.82, 2.24) is 10.3 Å². The average Bonchev–Trinajstić information content (AvgIpc) is 1.83. The second-order valence-corrected chi connectivity index (χ2v) is 3.13. The Hall–Kier alpha value is -0.600. The van der Waals surface area contributed by atoms with Gasteiger partial charge in [-0.1, -0.05) is 11.6 Å². The highest BCUT2D eigenvalue weighted by Crippen LogP contribution is 2.22. The molecule has 1 fully saturated rings. The van der Waals surface area contributed by atoms with Crippen molar-refractivity contribution >= 4 is 11.6 Å². The molecule has 1 saturated heterocycles. The highest BCUT2D eigenvalue weighted by Gasteiger charge is 2.19. The minimum Gasteiger partial charge on any atom is -0.309 e. The van der Waals surface area contributed by atoms with Gasteiger partial charge < -0.3 is 5.32 Å². The molecule has 2 rings (SSSR count). The van der Waals surface area contributed by atoms with Crippen molar-refractivity contribution in [3.8, 4) is 0 Å². The van der Waals surface area contributed by atoms with Gasteiger partial charge in [-0.2, -0.15) is 0 Å². The number of halogens is 1. The number of pyridine rings is 1. The molecule has 1 N–H and O–H groups in total. The molecule has 1 aliphatic heterocycles. The molecule has 0 spiro atoms. The van der Waals surface area contributed by atoms with Crippen LogP contribution in [-0.2, 0) is 0 Å². The van der Waals surface area contributed by atoms with Gasteiger partial charge in [0.15, 0.2) is 0 Å². The third-order valence-corrected chi connectivity index (χ3v) is 2.16. The summed E-state index contributed by atoms with van der Waals surface area (Å²) in [6, 6.07) is 4.15. The first-order chi connectivity index (χ1) is 5.36. The van der Waals surface area contributed by atoms with E-state index in [-0.39, 0.29) is 0 Å². The first-order valence-electron chi connectivity index (χ1n) is 3.71. The summed E-state index contributed by atoms with van der Waals surface area (Å²) < 4.78 is 0. The summed E-state index contributed by atoms with van der Waals surface area (Å²) in [5.74, 6) is 0. The van der Waals surface area contributed by atoms with E-state index in [1.54, 1.807) is 12.3 Å². The Balaban J connectivity index is 2.23. The van der Waals surface area contributed by atoms with E-state index in [1.165, 1.54) is 6.42 Å². The lowest BCUT2D eigenvalue weighted by molar-refractivity contribution is 0.375. The van der Waals surface area contributed by atoms with E-state index in [4.69, 9.17) is 11.6 Å². The zero-order valence-corrected chi connectivity index (χ0v) is 6.80. The molecule has 1 aliphatic rings. The van der Waals surface area contributed by atoms with Crippen LogP contribution >= 0.6 is 11.6 Å². The number of nitrogens with zero attached hydrogens (tertiary/aromatic N) is 1. The molecule has 3 heteroatoms. The van der Waals surface area contributed by atoms with Crippen LogP contribution in [0.1, 0.15) is 18.2 Å². The Morgan fingerprint density at radius 3 is 3.00 bits per heavy atom. The molecule has 2 nitrogen and oxygen atoms in total. The summed E-state index contributed by atoms with van der Waals surface area (Å²) in [5, 5.41) is 4.04. The quantitative estimate of drug-likeness (QED) is 0.692. The van der Waals surface area contributed by atoms with E-state index >= 15 is 0 Å². The van der Waals surface area contributed by atoms with Gasteiger partial charge in [-0.05, 0) is 25.1 Å². The lowest BCUT2D eigenvalue weighted by Gasteiger charge is -2.26. The van der Waals surface area contributed by atoms with Gasteiger partial charge >= 0.3 is 0 Å². The molecule has 0 unspecified atom stereocenters. The minimum atomic E-state index is 0.439. The molecule has 58 valence electrons. The van der Waals surface area contributed by atoms with E-state index in [0.29, 0.717) is 6.04 Å². The third-order valence-electron chi connectivity index (χ3n) is 1.92. The molecular weight excluding hydrogens is 160 g/mol. The maximum absolute atomic E-state index is 5.80. The van der Waals surface area contributed by atoms with Crippen LogP contribution in [0.3, 0.4) is 0 Å². The molecule has 0 bridgehead atoms. The molecule has 1 aromatic rings. The fraction of sp³-hybridized carbons (Fsp3) is 0.375. The Labute approximate surface area is 70.6 Å². The van der Waals surface area contributed by atoms with Gasteiger partial charge in [-0.25, -0.2) is 0 Å². The molecule has 11 heavy (non-hydrogen) atoms. The molecule has 0 saturated carbocycles. The Morgan fingerprint density at radius 2 is 2.45 bits per heavy atom. The van der Waals surface area contributed by atoms with E-state index in [0.717, 1.165) is 17.3 Å². The lowest BCUT2D eigenvalue weighted by Crippen LogP contribution is -2.35. The first-order valence-corrected chi connectivity index (χ1v) is 4.09. The van der Waals surface area contributed by atoms with Crippen LogP contribution in [0, 0.1) is 0 Å². The van der Waals surface area contributed by atoms with E-state index in [2.05, 4.69) is 10.3 Å². The summed E-state index contributed by atoms with van der Waals surface area (Å²) >= 11 is 5.80. The van der Waals surface area contributed by atoms with Gasteiger partial charge in [0.05, 0.1) is 11.7 Å². The van der Waals surface area contributed by atoms with Gasteiger partial charge in [0.1, 0.15) is 0 Å². The maximum atomic E-state index is 5.80. The zero-order valence-electron chi connectivity index (χ0n) is 6.05. The molecule has 0 aliphatic carbocycles. The zero-order chi connectivity index (χ0) is 7.68. The maximum Gasteiger partial charge on any atom is 0.0588 e. The van der Waals surface area contributed by atoms with Crippen LogP contribution in [0.15, 0.2) is 18.3 Å². The fourth-order valence-corrected chi connectivity index (χ4v) is 1.32. The number of hydrogen-bond donors (Lipinski definition) is 1. The van der Waals surface area contributed by atoms with Crippen molar-refractivity contribution in [2.24, 2.45) is 0 Å². The Morgan fingerprint density at radius 1 is 1.64 bits per heavy atom. The van der Waals surface area contributed by atoms with Crippen molar-refractivity contribution in [1.29, 1.82) is 0 Å². The third kappa shape index (κ3) is 1.37. The average molecular weight is 169 g/mol. The van der Waals surface area contributed by atoms with Crippen LogP contribution in [-0.4, -0.2) is 11.5 Å². The predicted molar refractivity (Wildman–Crippen MR) is 44.6 cm³/mol. The van der Waals surface area contributed by atoms with Crippen molar-refractivity contribution in [3.63, 3.8) is 0 Å². The van der Waals surface area contributed by atoms with Crippen LogP contribution in [0.25, 0.3) is 0 Å². The molecule has 1 aromatic heterocycles. The summed E-state index contributed by atoms with van der Waals surface area (Å²) in [6.45, 7) is 1.10. The standard InChI is InChI=1S/C8H9ClN2/c9-6-1-3-11-8(5-6)7-2-4-10-7/h1,3,5,7,10H,2,4H2/t7-/m0/s1.